The zero-order chi connectivity index (χ0) is 20.8. The van der Waals surface area contributed by atoms with Crippen molar-refractivity contribution >= 4 is 23.3 Å². The van der Waals surface area contributed by atoms with Gasteiger partial charge in [-0.25, -0.2) is 4.79 Å². The quantitative estimate of drug-likeness (QED) is 0.545. The fourth-order valence-electron chi connectivity index (χ4n) is 2.85. The smallest absolute Gasteiger partial charge is 0.335 e. The van der Waals surface area contributed by atoms with E-state index in [-0.39, 0.29) is 5.56 Å². The number of aromatic nitrogens is 1. The third-order valence-electron chi connectivity index (χ3n) is 4.35. The number of aromatic carboxylic acids is 1. The summed E-state index contributed by atoms with van der Waals surface area (Å²) in [5, 5.41) is 12.8. The van der Waals surface area contributed by atoms with Crippen molar-refractivity contribution in [2.45, 2.75) is 20.1 Å². The van der Waals surface area contributed by atoms with Gasteiger partial charge < -0.3 is 19.9 Å². The second-order valence-electron chi connectivity index (χ2n) is 6.45. The summed E-state index contributed by atoms with van der Waals surface area (Å²) in [6, 6.07) is 12.4. The number of carboxylic acids is 1. The predicted octanol–water partition coefficient (Wildman–Crippen LogP) is 4.94. The van der Waals surface area contributed by atoms with Crippen molar-refractivity contribution < 1.29 is 19.4 Å². The molecule has 150 valence electrons. The van der Waals surface area contributed by atoms with E-state index in [1.54, 1.807) is 37.7 Å². The van der Waals surface area contributed by atoms with Crippen molar-refractivity contribution in [3.8, 4) is 11.5 Å². The highest BCUT2D eigenvalue weighted by molar-refractivity contribution is 6.32. The van der Waals surface area contributed by atoms with Gasteiger partial charge in [0.25, 0.3) is 0 Å². The number of anilines is 1. The molecule has 3 aromatic rings. The Kier molecular flexibility index (Phi) is 6.57. The molecule has 0 unspecified atom stereocenters. The first kappa shape index (κ1) is 20.5. The summed E-state index contributed by atoms with van der Waals surface area (Å²) in [4.78, 5) is 15.1. The molecule has 0 aliphatic rings. The van der Waals surface area contributed by atoms with Gasteiger partial charge >= 0.3 is 5.97 Å². The summed E-state index contributed by atoms with van der Waals surface area (Å²) >= 11 is 6.43. The molecule has 0 saturated carbocycles. The van der Waals surface area contributed by atoms with Crippen molar-refractivity contribution in [1.82, 2.24) is 4.98 Å². The number of rotatable bonds is 8. The number of ether oxygens (including phenoxy) is 2. The average Bonchev–Trinajstić information content (AvgIpc) is 2.72. The first-order valence-corrected chi connectivity index (χ1v) is 9.31. The molecule has 0 saturated heterocycles. The summed E-state index contributed by atoms with van der Waals surface area (Å²) in [6.07, 6.45) is 3.44. The number of benzene rings is 2. The molecule has 3 rings (SSSR count). The van der Waals surface area contributed by atoms with E-state index in [4.69, 9.17) is 26.2 Å². The Morgan fingerprint density at radius 2 is 2.03 bits per heavy atom. The number of hydrogen-bond donors (Lipinski definition) is 2. The molecule has 1 aromatic heterocycles. The number of aryl methyl sites for hydroxylation is 1. The van der Waals surface area contributed by atoms with Crippen LogP contribution < -0.4 is 14.8 Å². The number of nitrogens with zero attached hydrogens (tertiary/aromatic N) is 1. The largest absolute Gasteiger partial charge is 0.493 e. The standard InChI is InChI=1S/C22H21ClN2O4/c1-14-8-17(22(26)27)5-6-19(14)25-12-16-9-18(23)21(20(10-16)28-2)29-13-15-4-3-7-24-11-15/h3-11,25H,12-13H2,1-2H3,(H,26,27). The minimum atomic E-state index is -0.946. The zero-order valence-corrected chi connectivity index (χ0v) is 16.9. The van der Waals surface area contributed by atoms with Gasteiger partial charge in [-0.2, -0.15) is 0 Å². The molecule has 0 amide bonds. The molecule has 2 N–H and O–H groups in total. The first-order chi connectivity index (χ1) is 14.0. The summed E-state index contributed by atoms with van der Waals surface area (Å²) in [7, 11) is 1.56. The highest BCUT2D eigenvalue weighted by Crippen LogP contribution is 2.37. The van der Waals surface area contributed by atoms with E-state index in [2.05, 4.69) is 10.3 Å². The number of carboxylic acid groups (broad SMARTS) is 1. The molecule has 7 heteroatoms. The number of pyridine rings is 1. The minimum Gasteiger partial charge on any atom is -0.493 e. The van der Waals surface area contributed by atoms with Crippen LogP contribution in [0.1, 0.15) is 27.0 Å². The monoisotopic (exact) mass is 412 g/mol. The van der Waals surface area contributed by atoms with Crippen LogP contribution in [0, 0.1) is 6.92 Å². The van der Waals surface area contributed by atoms with Crippen molar-refractivity contribution in [1.29, 1.82) is 0 Å². The fourth-order valence-corrected chi connectivity index (χ4v) is 3.13. The number of halogens is 1. The van der Waals surface area contributed by atoms with E-state index in [0.29, 0.717) is 29.7 Å². The van der Waals surface area contributed by atoms with Gasteiger partial charge in [0, 0.05) is 30.2 Å². The van der Waals surface area contributed by atoms with Crippen LogP contribution in [0.5, 0.6) is 11.5 Å². The lowest BCUT2D eigenvalue weighted by Crippen LogP contribution is -2.04. The summed E-state index contributed by atoms with van der Waals surface area (Å²) in [6.45, 7) is 2.68. The molecular formula is C22H21ClN2O4. The highest BCUT2D eigenvalue weighted by atomic mass is 35.5. The van der Waals surface area contributed by atoms with Crippen molar-refractivity contribution in [2.24, 2.45) is 0 Å². The van der Waals surface area contributed by atoms with Crippen LogP contribution in [0.15, 0.2) is 54.9 Å². The van der Waals surface area contributed by atoms with Gasteiger partial charge in [0.05, 0.1) is 17.7 Å². The third-order valence-corrected chi connectivity index (χ3v) is 4.63. The van der Waals surface area contributed by atoms with E-state index < -0.39 is 5.97 Å². The third kappa shape index (κ3) is 5.18. The number of hydrogen-bond acceptors (Lipinski definition) is 5. The van der Waals surface area contributed by atoms with E-state index in [1.807, 2.05) is 31.2 Å². The number of carbonyl (C=O) groups is 1. The van der Waals surface area contributed by atoms with Crippen LogP contribution in [0.25, 0.3) is 0 Å². The maximum atomic E-state index is 11.1. The summed E-state index contributed by atoms with van der Waals surface area (Å²) in [5.41, 5.74) is 3.79. The molecule has 0 aliphatic carbocycles. The van der Waals surface area contributed by atoms with Crippen molar-refractivity contribution in [3.05, 3.63) is 82.1 Å². The second-order valence-corrected chi connectivity index (χ2v) is 6.85. The zero-order valence-electron chi connectivity index (χ0n) is 16.1. The number of methoxy groups -OCH3 is 1. The Hall–Kier alpha value is -3.25. The van der Waals surface area contributed by atoms with Crippen LogP contribution in [-0.4, -0.2) is 23.2 Å². The minimum absolute atomic E-state index is 0.257. The lowest BCUT2D eigenvalue weighted by atomic mass is 10.1. The maximum absolute atomic E-state index is 11.1. The van der Waals surface area contributed by atoms with Gasteiger partial charge in [0.2, 0.25) is 0 Å². The lowest BCUT2D eigenvalue weighted by Gasteiger charge is -2.15. The summed E-state index contributed by atoms with van der Waals surface area (Å²) < 4.78 is 11.3. The van der Waals surface area contributed by atoms with Crippen molar-refractivity contribution in [2.75, 3.05) is 12.4 Å². The average molecular weight is 413 g/mol. The Morgan fingerprint density at radius 3 is 2.69 bits per heavy atom. The molecule has 2 aromatic carbocycles. The Morgan fingerprint density at radius 1 is 1.21 bits per heavy atom. The number of nitrogens with one attached hydrogen (secondary N) is 1. The molecule has 6 nitrogen and oxygen atoms in total. The molecule has 1 heterocycles. The highest BCUT2D eigenvalue weighted by Gasteiger charge is 2.13. The Balaban J connectivity index is 1.72. The van der Waals surface area contributed by atoms with E-state index in [9.17, 15) is 4.79 Å². The SMILES string of the molecule is COc1cc(CNc2ccc(C(=O)O)cc2C)cc(Cl)c1OCc1cccnc1. The van der Waals surface area contributed by atoms with E-state index in [1.165, 1.54) is 0 Å². The molecule has 0 spiro atoms. The van der Waals surface area contributed by atoms with E-state index in [0.717, 1.165) is 22.4 Å². The maximum Gasteiger partial charge on any atom is 0.335 e. The van der Waals surface area contributed by atoms with Crippen LogP contribution in [-0.2, 0) is 13.2 Å². The fraction of sp³-hybridized carbons (Fsp3) is 0.182. The molecule has 0 aliphatic heterocycles. The molecule has 0 radical (unpaired) electrons. The van der Waals surface area contributed by atoms with Crippen LogP contribution in [0.2, 0.25) is 5.02 Å². The van der Waals surface area contributed by atoms with Gasteiger partial charge in [-0.1, -0.05) is 17.7 Å². The Labute approximate surface area is 174 Å². The van der Waals surface area contributed by atoms with Gasteiger partial charge in [-0.15, -0.1) is 0 Å². The van der Waals surface area contributed by atoms with Crippen LogP contribution in [0.3, 0.4) is 0 Å². The van der Waals surface area contributed by atoms with Crippen LogP contribution in [0.4, 0.5) is 5.69 Å². The van der Waals surface area contributed by atoms with Crippen molar-refractivity contribution in [3.63, 3.8) is 0 Å². The lowest BCUT2D eigenvalue weighted by molar-refractivity contribution is 0.0697. The molecule has 0 atom stereocenters. The second kappa shape index (κ2) is 9.30. The molecule has 0 bridgehead atoms. The van der Waals surface area contributed by atoms with Gasteiger partial charge in [0.15, 0.2) is 11.5 Å². The Bertz CT molecular complexity index is 1010. The van der Waals surface area contributed by atoms with Gasteiger partial charge in [-0.3, -0.25) is 4.98 Å². The predicted molar refractivity (Wildman–Crippen MR) is 112 cm³/mol. The topological polar surface area (TPSA) is 80.7 Å². The van der Waals surface area contributed by atoms with E-state index >= 15 is 0 Å². The molecule has 0 fully saturated rings. The van der Waals surface area contributed by atoms with Gasteiger partial charge in [0.1, 0.15) is 6.61 Å². The molecule has 29 heavy (non-hydrogen) atoms. The molecular weight excluding hydrogens is 392 g/mol. The summed E-state index contributed by atoms with van der Waals surface area (Å²) in [5.74, 6) is 0.0675. The van der Waals surface area contributed by atoms with Gasteiger partial charge in [-0.05, 0) is 54.4 Å². The van der Waals surface area contributed by atoms with Crippen LogP contribution >= 0.6 is 11.6 Å². The normalized spacial score (nSPS) is 10.4. The first-order valence-electron chi connectivity index (χ1n) is 8.94.